The summed E-state index contributed by atoms with van der Waals surface area (Å²) >= 11 is 19.8. The van der Waals surface area contributed by atoms with Gasteiger partial charge in [-0.15, -0.1) is 11.6 Å². The first kappa shape index (κ1) is 19.9. The highest BCUT2D eigenvalue weighted by Crippen LogP contribution is 2.51. The van der Waals surface area contributed by atoms with Crippen LogP contribution in [0.3, 0.4) is 0 Å². The summed E-state index contributed by atoms with van der Waals surface area (Å²) in [5, 5.41) is 0.316. The Balaban J connectivity index is 1.84. The van der Waals surface area contributed by atoms with Crippen molar-refractivity contribution < 1.29 is 17.8 Å². The van der Waals surface area contributed by atoms with Crippen molar-refractivity contribution in [1.29, 1.82) is 0 Å². The van der Waals surface area contributed by atoms with E-state index >= 15 is 0 Å². The molecule has 2 heterocycles. The second kappa shape index (κ2) is 6.55. The van der Waals surface area contributed by atoms with Gasteiger partial charge in [0, 0.05) is 10.0 Å². The minimum absolute atomic E-state index is 0.246. The Bertz CT molecular complexity index is 1240. The summed E-state index contributed by atoms with van der Waals surface area (Å²) in [7, 11) is -4.34. The molecule has 1 fully saturated rings. The van der Waals surface area contributed by atoms with Gasteiger partial charge in [-0.25, -0.2) is 4.98 Å². The molecule has 1 saturated heterocycles. The van der Waals surface area contributed by atoms with Gasteiger partial charge in [0.1, 0.15) is 5.38 Å². The smallest absolute Gasteiger partial charge is 0.282 e. The van der Waals surface area contributed by atoms with E-state index in [0.717, 1.165) is 11.3 Å². The maximum absolute atomic E-state index is 12.6. The fraction of sp³-hybridized carbons (Fsp3) is 0.176. The van der Waals surface area contributed by atoms with Gasteiger partial charge in [-0.2, -0.15) is 8.42 Å². The lowest BCUT2D eigenvalue weighted by molar-refractivity contribution is -0.126. The first-order valence-electron chi connectivity index (χ1n) is 7.85. The first-order valence-corrected chi connectivity index (χ1v) is 11.3. The molecule has 146 valence electrons. The van der Waals surface area contributed by atoms with Crippen LogP contribution in [0, 0.1) is 0 Å². The molecule has 1 amide bonds. The van der Waals surface area contributed by atoms with E-state index in [1.807, 2.05) is 0 Å². The predicted octanol–water partition coefficient (Wildman–Crippen LogP) is 4.72. The first-order chi connectivity index (χ1) is 13.0. The van der Waals surface area contributed by atoms with E-state index < -0.39 is 21.0 Å². The molecule has 0 spiro atoms. The highest BCUT2D eigenvalue weighted by molar-refractivity contribution is 7.85. The number of carbonyl (C=O) groups excluding carboxylic acids is 1. The van der Waals surface area contributed by atoms with E-state index in [1.165, 1.54) is 23.1 Å². The average Bonchev–Trinajstić information content (AvgIpc) is 3.02. The Labute approximate surface area is 179 Å². The van der Waals surface area contributed by atoms with Crippen molar-refractivity contribution in [3.63, 3.8) is 0 Å². The van der Waals surface area contributed by atoms with Gasteiger partial charge in [-0.3, -0.25) is 14.2 Å². The average molecular weight is 478 g/mol. The Morgan fingerprint density at radius 2 is 1.93 bits per heavy atom. The van der Waals surface area contributed by atoms with Gasteiger partial charge < -0.3 is 0 Å². The van der Waals surface area contributed by atoms with Crippen LogP contribution in [0.25, 0.3) is 10.2 Å². The monoisotopic (exact) mass is 476 g/mol. The minimum atomic E-state index is -4.34. The molecule has 1 N–H and O–H groups in total. The van der Waals surface area contributed by atoms with Gasteiger partial charge in [0.15, 0.2) is 5.13 Å². The second-order valence-corrected chi connectivity index (χ2v) is 10.1. The van der Waals surface area contributed by atoms with Crippen LogP contribution in [0.1, 0.15) is 12.5 Å². The van der Waals surface area contributed by atoms with E-state index in [0.29, 0.717) is 31.0 Å². The number of nitrogens with zero attached hydrogens (tertiary/aromatic N) is 2. The van der Waals surface area contributed by atoms with Crippen LogP contribution in [-0.2, 0) is 20.5 Å². The molecule has 28 heavy (non-hydrogen) atoms. The summed E-state index contributed by atoms with van der Waals surface area (Å²) in [4.78, 5) is 18.2. The van der Waals surface area contributed by atoms with Gasteiger partial charge in [0.25, 0.3) is 10.1 Å². The van der Waals surface area contributed by atoms with Crippen LogP contribution in [0.4, 0.5) is 5.13 Å². The van der Waals surface area contributed by atoms with E-state index in [4.69, 9.17) is 34.8 Å². The molecule has 1 aromatic heterocycles. The Kier molecular flexibility index (Phi) is 4.65. The predicted molar refractivity (Wildman–Crippen MR) is 110 cm³/mol. The molecule has 0 radical (unpaired) electrons. The number of hydrogen-bond donors (Lipinski definition) is 1. The fourth-order valence-corrected chi connectivity index (χ4v) is 5.84. The number of aromatic nitrogens is 1. The molecule has 2 atom stereocenters. The topological polar surface area (TPSA) is 87.6 Å². The molecule has 6 nitrogen and oxygen atoms in total. The summed E-state index contributed by atoms with van der Waals surface area (Å²) in [6, 6.07) is 8.97. The quantitative estimate of drug-likeness (QED) is 0.335. The van der Waals surface area contributed by atoms with Gasteiger partial charge in [-0.1, -0.05) is 40.6 Å². The number of halogens is 3. The summed E-state index contributed by atoms with van der Waals surface area (Å²) in [5.41, 5.74) is 0.152. The Morgan fingerprint density at radius 3 is 2.57 bits per heavy atom. The maximum atomic E-state index is 12.6. The third kappa shape index (κ3) is 2.91. The minimum Gasteiger partial charge on any atom is -0.282 e. The summed E-state index contributed by atoms with van der Waals surface area (Å²) in [6.07, 6.45) is 0. The normalized spacial score (nSPS) is 22.5. The van der Waals surface area contributed by atoms with E-state index in [9.17, 15) is 17.8 Å². The number of carbonyl (C=O) groups is 1. The number of alkyl halides is 1. The third-order valence-electron chi connectivity index (χ3n) is 4.71. The molecule has 11 heteroatoms. The second-order valence-electron chi connectivity index (χ2n) is 6.41. The fourth-order valence-electron chi connectivity index (χ4n) is 3.23. The highest BCUT2D eigenvalue weighted by atomic mass is 35.5. The van der Waals surface area contributed by atoms with E-state index in [-0.39, 0.29) is 10.8 Å². The van der Waals surface area contributed by atoms with Crippen molar-refractivity contribution in [2.45, 2.75) is 22.7 Å². The lowest BCUT2D eigenvalue weighted by atomic mass is 9.79. The molecule has 0 aliphatic carbocycles. The molecule has 0 bridgehead atoms. The van der Waals surface area contributed by atoms with Crippen LogP contribution in [-0.4, -0.2) is 29.2 Å². The summed E-state index contributed by atoms with van der Waals surface area (Å²) in [5.74, 6) is -0.343. The van der Waals surface area contributed by atoms with Crippen LogP contribution in [0.5, 0.6) is 0 Å². The molecule has 0 saturated carbocycles. The number of amides is 1. The lowest BCUT2D eigenvalue weighted by Crippen LogP contribution is -2.69. The molecule has 2 unspecified atom stereocenters. The third-order valence-corrected chi connectivity index (χ3v) is 7.72. The molecule has 2 aromatic carbocycles. The van der Waals surface area contributed by atoms with Crippen LogP contribution in [0.15, 0.2) is 41.3 Å². The van der Waals surface area contributed by atoms with Gasteiger partial charge in [0.05, 0.1) is 20.7 Å². The van der Waals surface area contributed by atoms with E-state index in [1.54, 1.807) is 25.1 Å². The molecule has 3 aromatic rings. The zero-order valence-corrected chi connectivity index (χ0v) is 18.0. The van der Waals surface area contributed by atoms with Crippen molar-refractivity contribution >= 4 is 77.5 Å². The summed E-state index contributed by atoms with van der Waals surface area (Å²) < 4.78 is 32.5. The lowest BCUT2D eigenvalue weighted by Gasteiger charge is -2.52. The number of β-lactam (4-membered cyclic amide) rings is 1. The number of rotatable bonds is 3. The van der Waals surface area contributed by atoms with E-state index in [2.05, 4.69) is 4.98 Å². The van der Waals surface area contributed by atoms with Crippen molar-refractivity contribution in [3.8, 4) is 0 Å². The molecular formula is C17H11Cl3N2O4S2. The maximum Gasteiger partial charge on any atom is 0.294 e. The van der Waals surface area contributed by atoms with Crippen molar-refractivity contribution in [2.75, 3.05) is 4.90 Å². The molecule has 4 rings (SSSR count). The Hall–Kier alpha value is -1.42. The molecular weight excluding hydrogens is 467 g/mol. The van der Waals surface area contributed by atoms with Gasteiger partial charge in [-0.05, 0) is 42.8 Å². The zero-order valence-electron chi connectivity index (χ0n) is 14.1. The van der Waals surface area contributed by atoms with Gasteiger partial charge >= 0.3 is 0 Å². The number of hydrogen-bond acceptors (Lipinski definition) is 5. The van der Waals surface area contributed by atoms with Crippen molar-refractivity contribution in [1.82, 2.24) is 4.98 Å². The van der Waals surface area contributed by atoms with Crippen molar-refractivity contribution in [3.05, 3.63) is 52.0 Å². The Morgan fingerprint density at radius 1 is 1.21 bits per heavy atom. The number of anilines is 1. The van der Waals surface area contributed by atoms with Crippen LogP contribution >= 0.6 is 46.1 Å². The standard InChI is InChI=1S/C17H11Cl3N2O4S2/c1-17(10-4-2-8(18)6-11(10)19)14(20)15(23)22(17)16-21-12-5-3-9(28(24,25)26)7-13(12)27-16/h2-7,14H,1H3,(H,24,25,26). The number of thiazole rings is 1. The number of fused-ring (bicyclic) bond motifs is 1. The van der Waals surface area contributed by atoms with Crippen LogP contribution < -0.4 is 4.90 Å². The zero-order chi connectivity index (χ0) is 20.4. The van der Waals surface area contributed by atoms with Crippen molar-refractivity contribution in [2.24, 2.45) is 0 Å². The summed E-state index contributed by atoms with van der Waals surface area (Å²) in [6.45, 7) is 1.77. The largest absolute Gasteiger partial charge is 0.294 e. The van der Waals surface area contributed by atoms with Gasteiger partial charge in [0.2, 0.25) is 5.91 Å². The molecule has 1 aliphatic rings. The number of benzene rings is 2. The highest BCUT2D eigenvalue weighted by Gasteiger charge is 2.59. The van der Waals surface area contributed by atoms with Crippen LogP contribution in [0.2, 0.25) is 10.0 Å². The molecule has 1 aliphatic heterocycles. The SMILES string of the molecule is CC1(c2ccc(Cl)cc2Cl)C(Cl)C(=O)N1c1nc2ccc(S(=O)(=O)O)cc2s1.